The summed E-state index contributed by atoms with van der Waals surface area (Å²) in [5.74, 6) is -7.95. The van der Waals surface area contributed by atoms with E-state index < -0.39 is 71.5 Å². The van der Waals surface area contributed by atoms with Gasteiger partial charge in [0.25, 0.3) is 23.6 Å². The fraction of sp³-hybridized carbons (Fsp3) is 0.234. The Balaban J connectivity index is 1.15. The van der Waals surface area contributed by atoms with Crippen LogP contribution < -0.4 is 28.4 Å². The third-order valence-corrected chi connectivity index (χ3v) is 19.7. The summed E-state index contributed by atoms with van der Waals surface area (Å²) in [4.78, 5) is 156. The number of esters is 6. The molecule has 13 rings (SSSR count). The Hall–Kier alpha value is -14.2. The van der Waals surface area contributed by atoms with E-state index in [0.29, 0.717) is 0 Å². The van der Waals surface area contributed by atoms with E-state index in [-0.39, 0.29) is 222 Å². The molecule has 2 unspecified atom stereocenters. The number of carbonyl (C=O) groups is 10. The molecule has 0 N–H and O–H groups in total. The van der Waals surface area contributed by atoms with Gasteiger partial charge in [0.2, 0.25) is 0 Å². The number of hydrogen-bond donors (Lipinski definition) is 0. The van der Waals surface area contributed by atoms with Crippen molar-refractivity contribution in [2.45, 2.75) is 106 Å². The number of imide groups is 2. The number of amides is 4. The minimum absolute atomic E-state index is 0.00828. The van der Waals surface area contributed by atoms with E-state index in [0.717, 1.165) is 32.1 Å². The maximum absolute atomic E-state index is 16.5. The molecule has 0 saturated heterocycles. The highest BCUT2D eigenvalue weighted by molar-refractivity contribution is 6.45. The molecule has 118 heavy (non-hydrogen) atoms. The molecule has 4 amide bonds. The lowest BCUT2D eigenvalue weighted by atomic mass is 9.80. The minimum Gasteiger partial charge on any atom is -0.462 e. The third-order valence-electron chi connectivity index (χ3n) is 19.7. The van der Waals surface area contributed by atoms with Crippen molar-refractivity contribution >= 4 is 103 Å². The topological polar surface area (TPSA) is 295 Å². The number of rotatable bonds is 34. The molecule has 2 atom stereocenters. The van der Waals surface area contributed by atoms with Crippen molar-refractivity contribution in [3.8, 4) is 57.5 Å². The van der Waals surface area contributed by atoms with E-state index in [4.69, 9.17) is 47.4 Å². The number of aromatic nitrogens is 2. The van der Waals surface area contributed by atoms with Crippen molar-refractivity contribution in [1.29, 1.82) is 0 Å². The normalized spacial score (nSPS) is 12.9. The molecule has 0 bridgehead atoms. The average Bonchev–Trinajstić information content (AvgIpc) is 0.670. The molecular weight excluding hydrogens is 1510 g/mol. The second kappa shape index (κ2) is 35.3. The Bertz CT molecular complexity index is 5240. The molecule has 2 aliphatic rings. The molecular formula is C94H84N4O20. The van der Waals surface area contributed by atoms with Gasteiger partial charge in [-0.05, 0) is 172 Å². The van der Waals surface area contributed by atoms with E-state index in [1.54, 1.807) is 125 Å². The van der Waals surface area contributed by atoms with Gasteiger partial charge in [-0.15, -0.1) is 0 Å². The standard InChI is InChI=1S/C94H84N4O20/c1-51(2)45-71(93(107)117-65-29-37-95-38-30-65)97-85(99)67-47-73(113-61-21-13-57(14-22-61)33-41-109-89(103)53(5)6)79-81-75(115-63-25-17-59(18-26-63)35-43-111-91(105)55(9)10)49-69-78-70(88(102)98(87(69)101)72(46-52(3)4)94(108)118-66-31-39-96-40-32-66)50-76(116-64-27-19-60(20-28-64)36-44-112-92(106)56(11)12)82(84(78)81)80-74(48-68(86(97)100)77(67)83(79)80)114-62-23-15-58(16-24-62)34-42-110-90(104)54(7)8/h13-32,37-40,47-52,71-72H,5,7,9,11,33-36,41-46H2,1-4,6,8,10,12H3. The van der Waals surface area contributed by atoms with E-state index in [1.807, 2.05) is 27.7 Å². The zero-order chi connectivity index (χ0) is 83.9. The monoisotopic (exact) mass is 1590 g/mol. The lowest BCUT2D eigenvalue weighted by Gasteiger charge is -2.36. The number of carbonyl (C=O) groups excluding carboxylic acids is 10. The summed E-state index contributed by atoms with van der Waals surface area (Å²) in [6.07, 6.45) is 6.66. The van der Waals surface area contributed by atoms with Gasteiger partial charge in [0.05, 0.1) is 48.7 Å². The van der Waals surface area contributed by atoms with Gasteiger partial charge in [-0.25, -0.2) is 28.8 Å². The lowest BCUT2D eigenvalue weighted by Crippen LogP contribution is -2.52. The summed E-state index contributed by atoms with van der Waals surface area (Å²) in [7, 11) is 0. The summed E-state index contributed by atoms with van der Waals surface area (Å²) < 4.78 is 62.9. The molecule has 0 saturated carbocycles. The van der Waals surface area contributed by atoms with Crippen LogP contribution in [-0.4, -0.2) is 118 Å². The van der Waals surface area contributed by atoms with Crippen LogP contribution in [0.5, 0.6) is 57.5 Å². The van der Waals surface area contributed by atoms with Crippen LogP contribution in [0.3, 0.4) is 0 Å². The van der Waals surface area contributed by atoms with Gasteiger partial charge in [-0.2, -0.15) is 0 Å². The lowest BCUT2D eigenvalue weighted by molar-refractivity contribution is -0.140. The maximum Gasteiger partial charge on any atom is 0.334 e. The van der Waals surface area contributed by atoms with Crippen LogP contribution >= 0.6 is 0 Å². The van der Waals surface area contributed by atoms with Crippen LogP contribution in [0.2, 0.25) is 0 Å². The molecule has 11 aromatic rings. The van der Waals surface area contributed by atoms with Gasteiger partial charge in [0, 0.05) is 116 Å². The largest absolute Gasteiger partial charge is 0.462 e. The first-order valence-electron chi connectivity index (χ1n) is 38.3. The Kier molecular flexibility index (Phi) is 24.5. The summed E-state index contributed by atoms with van der Waals surface area (Å²) >= 11 is 0. The van der Waals surface area contributed by atoms with Gasteiger partial charge < -0.3 is 47.4 Å². The predicted octanol–water partition coefficient (Wildman–Crippen LogP) is 17.6. The third kappa shape index (κ3) is 17.7. The van der Waals surface area contributed by atoms with Crippen LogP contribution in [0.15, 0.2) is 219 Å². The van der Waals surface area contributed by atoms with E-state index in [2.05, 4.69) is 36.3 Å². The average molecular weight is 1590 g/mol. The van der Waals surface area contributed by atoms with E-state index in [1.165, 1.54) is 73.3 Å². The highest BCUT2D eigenvalue weighted by Crippen LogP contribution is 2.58. The van der Waals surface area contributed by atoms with Crippen LogP contribution in [0.25, 0.3) is 43.1 Å². The van der Waals surface area contributed by atoms with Crippen molar-refractivity contribution in [2.24, 2.45) is 11.8 Å². The maximum atomic E-state index is 16.5. The molecule has 2 aromatic heterocycles. The van der Waals surface area contributed by atoms with Gasteiger partial charge in [-0.1, -0.05) is 103 Å². The molecule has 0 radical (unpaired) electrons. The fourth-order valence-electron chi connectivity index (χ4n) is 14.1. The number of fused-ring (bicyclic) bond motifs is 2. The number of nitrogens with zero attached hydrogens (tertiary/aromatic N) is 4. The van der Waals surface area contributed by atoms with Crippen LogP contribution in [-0.2, 0) is 73.4 Å². The number of benzene rings is 9. The molecule has 24 heteroatoms. The van der Waals surface area contributed by atoms with Crippen molar-refractivity contribution < 1.29 is 95.3 Å². The van der Waals surface area contributed by atoms with Crippen molar-refractivity contribution in [3.63, 3.8) is 0 Å². The molecule has 24 nitrogen and oxygen atoms in total. The van der Waals surface area contributed by atoms with Crippen LogP contribution in [0.4, 0.5) is 0 Å². The molecule has 2 aliphatic heterocycles. The quantitative estimate of drug-likeness (QED) is 0.00903. The Morgan fingerprint density at radius 3 is 0.763 bits per heavy atom. The Morgan fingerprint density at radius 2 is 0.551 bits per heavy atom. The Labute approximate surface area is 679 Å². The van der Waals surface area contributed by atoms with Crippen molar-refractivity contribution in [2.75, 3.05) is 26.4 Å². The number of pyridine rings is 2. The zero-order valence-corrected chi connectivity index (χ0v) is 66.3. The van der Waals surface area contributed by atoms with Gasteiger partial charge in [0.15, 0.2) is 0 Å². The van der Waals surface area contributed by atoms with E-state index >= 15 is 28.8 Å². The van der Waals surface area contributed by atoms with Gasteiger partial charge >= 0.3 is 35.8 Å². The predicted molar refractivity (Wildman–Crippen MR) is 439 cm³/mol. The molecule has 0 spiro atoms. The van der Waals surface area contributed by atoms with E-state index in [9.17, 15) is 19.2 Å². The first-order valence-corrected chi connectivity index (χ1v) is 38.3. The summed E-state index contributed by atoms with van der Waals surface area (Å²) in [6.45, 7) is 28.3. The highest BCUT2D eigenvalue weighted by Gasteiger charge is 2.47. The molecule has 4 heterocycles. The first kappa shape index (κ1) is 81.8. The van der Waals surface area contributed by atoms with Crippen molar-refractivity contribution in [1.82, 2.24) is 19.8 Å². The van der Waals surface area contributed by atoms with Gasteiger partial charge in [-0.3, -0.25) is 38.9 Å². The first-order chi connectivity index (χ1) is 56.6. The number of hydrogen-bond acceptors (Lipinski definition) is 22. The molecule has 600 valence electrons. The molecule has 9 aromatic carbocycles. The molecule has 0 aliphatic carbocycles. The minimum atomic E-state index is -1.57. The Morgan fingerprint density at radius 1 is 0.322 bits per heavy atom. The van der Waals surface area contributed by atoms with Crippen LogP contribution in [0, 0.1) is 11.8 Å². The second-order valence-electron chi connectivity index (χ2n) is 29.8. The smallest absolute Gasteiger partial charge is 0.334 e. The SMILES string of the molecule is C=C(C)C(=O)OCCc1ccc(Oc2cc3c4c(cc(Oc5ccc(CCOC(=O)C(=C)C)cc5)c5c6c(Oc7ccc(CCOC(=O)C(=C)C)cc7)cc7c8c(cc(Oc9ccc(CCOC(=O)C(=C)C)cc9)c(c2c45)c86)C(=O)N(C(CC(C)C)C(=O)Oc2ccncc2)C7=O)C(=O)N(C(CC(C)C)C(=O)Oc2ccncc2)C3=O)cc1. The highest BCUT2D eigenvalue weighted by atomic mass is 16.6. The second-order valence-corrected chi connectivity index (χ2v) is 29.8. The zero-order valence-electron chi connectivity index (χ0n) is 66.3. The fourth-order valence-corrected chi connectivity index (χ4v) is 14.1. The summed E-state index contributed by atoms with van der Waals surface area (Å²) in [5.41, 5.74) is 3.23. The van der Waals surface area contributed by atoms with Crippen molar-refractivity contribution in [3.05, 3.63) is 263 Å². The summed E-state index contributed by atoms with van der Waals surface area (Å²) in [6, 6.07) is 36.0. The molecule has 0 fully saturated rings. The number of ether oxygens (including phenoxy) is 10. The van der Waals surface area contributed by atoms with Crippen LogP contribution in [0.1, 0.15) is 132 Å². The summed E-state index contributed by atoms with van der Waals surface area (Å²) in [5, 5.41) is 0.768. The van der Waals surface area contributed by atoms with Gasteiger partial charge in [0.1, 0.15) is 69.6 Å².